The molecule has 2 heteroatoms. The second kappa shape index (κ2) is 24.1. The molecule has 10 aromatic rings. The van der Waals surface area contributed by atoms with E-state index in [1.165, 1.54) is 33.4 Å². The highest BCUT2D eigenvalue weighted by molar-refractivity contribution is 5.82. The molecule has 0 atom stereocenters. The average Bonchev–Trinajstić information content (AvgIpc) is 3.46. The van der Waals surface area contributed by atoms with Gasteiger partial charge in [-0.3, -0.25) is 0 Å². The van der Waals surface area contributed by atoms with Gasteiger partial charge < -0.3 is 9.80 Å². The second-order valence-corrected chi connectivity index (χ2v) is 18.2. The van der Waals surface area contributed by atoms with Crippen molar-refractivity contribution in [1.29, 1.82) is 0 Å². The van der Waals surface area contributed by atoms with Gasteiger partial charge in [-0.1, -0.05) is 243 Å². The van der Waals surface area contributed by atoms with Gasteiger partial charge in [0.05, 0.1) is 0 Å². The monoisotopic (exact) mass is 938 g/mol. The Hall–Kier alpha value is -9.24. The van der Waals surface area contributed by atoms with Crippen molar-refractivity contribution in [3.05, 3.63) is 329 Å². The maximum atomic E-state index is 2.34. The van der Waals surface area contributed by atoms with Crippen LogP contribution in [0.25, 0.3) is 42.5 Å². The average molecular weight is 939 g/mol. The van der Waals surface area contributed by atoms with Crippen LogP contribution in [0.5, 0.6) is 0 Å². The van der Waals surface area contributed by atoms with E-state index in [1.54, 1.807) is 0 Å². The van der Waals surface area contributed by atoms with Crippen LogP contribution in [-0.4, -0.2) is 0 Å². The lowest BCUT2D eigenvalue weighted by Gasteiger charge is -2.26. The number of allylic oxidation sites excluding steroid dienone is 1. The summed E-state index contributed by atoms with van der Waals surface area (Å²) in [5, 5.41) is 0. The molecular weight excluding hydrogens is 881 g/mol. The van der Waals surface area contributed by atoms with Crippen LogP contribution in [0.4, 0.5) is 34.1 Å². The number of rotatable bonds is 18. The fourth-order valence-corrected chi connectivity index (χ4v) is 8.96. The highest BCUT2D eigenvalue weighted by atomic mass is 15.1. The third-order valence-electron chi connectivity index (χ3n) is 13.0. The molecule has 0 saturated carbocycles. The first-order valence-electron chi connectivity index (χ1n) is 25.2. The van der Waals surface area contributed by atoms with Crippen molar-refractivity contribution in [3.8, 4) is 0 Å². The fourth-order valence-electron chi connectivity index (χ4n) is 8.96. The van der Waals surface area contributed by atoms with Crippen LogP contribution in [-0.2, 0) is 19.3 Å². The fraction of sp³-hybridized carbons (Fsp3) is 0.0423. The van der Waals surface area contributed by atoms with Crippen molar-refractivity contribution in [2.45, 2.75) is 19.3 Å². The molecule has 10 aromatic carbocycles. The van der Waals surface area contributed by atoms with Gasteiger partial charge in [-0.2, -0.15) is 0 Å². The standard InChI is InChI=1S/C71H58N2/c1-5-14-56(15-6-1)22-13-23-60-32-44-66(45-33-60)72(67-46-34-61(35-47-67)27-24-57-16-7-2-8-17-57)68-52-40-64(41-53-68)30-31-65-42-54-71(55-43-65)73(69-48-36-62(37-49-69)28-25-58-18-9-3-10-19-58)70-50-38-63(39-51-70)29-26-59-20-11-4-12-21-59/h1-21,23-25,27-28,30-55H,22,26,29H2/b23-13-,27-24+,28-25+,31-30+. The molecule has 0 radical (unpaired) electrons. The minimum absolute atomic E-state index is 0.902. The lowest BCUT2D eigenvalue weighted by atomic mass is 10.0. The van der Waals surface area contributed by atoms with E-state index >= 15 is 0 Å². The van der Waals surface area contributed by atoms with Crippen LogP contribution in [0.3, 0.4) is 0 Å². The van der Waals surface area contributed by atoms with Crippen LogP contribution < -0.4 is 9.80 Å². The van der Waals surface area contributed by atoms with Gasteiger partial charge in [-0.05, 0) is 148 Å². The van der Waals surface area contributed by atoms with Crippen molar-refractivity contribution < 1.29 is 0 Å². The van der Waals surface area contributed by atoms with E-state index in [4.69, 9.17) is 0 Å². The van der Waals surface area contributed by atoms with Gasteiger partial charge in [-0.25, -0.2) is 0 Å². The van der Waals surface area contributed by atoms with Crippen molar-refractivity contribution in [2.24, 2.45) is 0 Å². The minimum atomic E-state index is 0.902. The molecule has 0 spiro atoms. The predicted molar refractivity (Wildman–Crippen MR) is 315 cm³/mol. The van der Waals surface area contributed by atoms with Crippen LogP contribution in [0, 0.1) is 0 Å². The third-order valence-corrected chi connectivity index (χ3v) is 13.0. The van der Waals surface area contributed by atoms with Gasteiger partial charge >= 0.3 is 0 Å². The molecule has 0 amide bonds. The van der Waals surface area contributed by atoms with Crippen molar-refractivity contribution >= 4 is 76.7 Å². The minimum Gasteiger partial charge on any atom is -0.311 e. The molecule has 0 aliphatic heterocycles. The summed E-state index contributed by atoms with van der Waals surface area (Å²) in [7, 11) is 0. The summed E-state index contributed by atoms with van der Waals surface area (Å²) >= 11 is 0. The molecule has 0 aromatic heterocycles. The van der Waals surface area contributed by atoms with E-state index in [0.29, 0.717) is 0 Å². The molecule has 0 bridgehead atoms. The molecule has 10 rings (SSSR count). The van der Waals surface area contributed by atoms with Crippen LogP contribution >= 0.6 is 0 Å². The zero-order valence-corrected chi connectivity index (χ0v) is 41.0. The number of hydrogen-bond donors (Lipinski definition) is 0. The Kier molecular flexibility index (Phi) is 15.6. The summed E-state index contributed by atoms with van der Waals surface area (Å²) in [5.41, 5.74) is 18.7. The molecule has 352 valence electrons. The Bertz CT molecular complexity index is 3380. The normalized spacial score (nSPS) is 11.5. The number of nitrogens with zero attached hydrogens (tertiary/aromatic N) is 2. The number of hydrogen-bond acceptors (Lipinski definition) is 2. The van der Waals surface area contributed by atoms with Gasteiger partial charge in [0.15, 0.2) is 0 Å². The first-order chi connectivity index (χ1) is 36.1. The van der Waals surface area contributed by atoms with Crippen LogP contribution in [0.1, 0.15) is 55.6 Å². The maximum absolute atomic E-state index is 2.34. The zero-order valence-electron chi connectivity index (χ0n) is 41.0. The Labute approximate surface area is 432 Å². The zero-order chi connectivity index (χ0) is 49.3. The van der Waals surface area contributed by atoms with E-state index < -0.39 is 0 Å². The Morgan fingerprint density at radius 2 is 0.438 bits per heavy atom. The van der Waals surface area contributed by atoms with E-state index in [9.17, 15) is 0 Å². The van der Waals surface area contributed by atoms with E-state index in [0.717, 1.165) is 75.6 Å². The van der Waals surface area contributed by atoms with Gasteiger partial charge in [0.2, 0.25) is 0 Å². The SMILES string of the molecule is C(=C/c1ccc(N(c2ccc(/C=C/c3ccccc3)cc2)c2ccc(/C=C/c3ccc(N(c4ccc(/C=C/c5ccccc5)cc4)c4ccc(CCc5ccccc5)cc4)cc3)cc2)cc1)/Cc1ccccc1. The van der Waals surface area contributed by atoms with E-state index in [2.05, 4.69) is 313 Å². The van der Waals surface area contributed by atoms with Crippen molar-refractivity contribution in [3.63, 3.8) is 0 Å². The number of benzene rings is 10. The molecule has 0 heterocycles. The molecule has 0 saturated heterocycles. The first kappa shape index (κ1) is 47.4. The van der Waals surface area contributed by atoms with Gasteiger partial charge in [0, 0.05) is 34.1 Å². The van der Waals surface area contributed by atoms with Gasteiger partial charge in [0.1, 0.15) is 0 Å². The Balaban J connectivity index is 0.870. The van der Waals surface area contributed by atoms with Crippen molar-refractivity contribution in [2.75, 3.05) is 9.80 Å². The van der Waals surface area contributed by atoms with E-state index in [1.807, 2.05) is 12.1 Å². The van der Waals surface area contributed by atoms with E-state index in [-0.39, 0.29) is 0 Å². The lowest BCUT2D eigenvalue weighted by molar-refractivity contribution is 0.960. The molecule has 73 heavy (non-hydrogen) atoms. The molecule has 2 nitrogen and oxygen atoms in total. The summed E-state index contributed by atoms with van der Waals surface area (Å²) in [6.45, 7) is 0. The predicted octanol–water partition coefficient (Wildman–Crippen LogP) is 19.2. The third kappa shape index (κ3) is 13.1. The summed E-state index contributed by atoms with van der Waals surface area (Å²) < 4.78 is 0. The highest BCUT2D eigenvalue weighted by Crippen LogP contribution is 2.37. The maximum Gasteiger partial charge on any atom is 0.0462 e. The summed E-state index contributed by atoms with van der Waals surface area (Å²) in [6.07, 6.45) is 20.4. The smallest absolute Gasteiger partial charge is 0.0462 e. The largest absolute Gasteiger partial charge is 0.311 e. The molecule has 0 N–H and O–H groups in total. The summed E-state index contributed by atoms with van der Waals surface area (Å²) in [4.78, 5) is 4.67. The lowest BCUT2D eigenvalue weighted by Crippen LogP contribution is -2.10. The topological polar surface area (TPSA) is 6.48 Å². The molecular formula is C71H58N2. The quantitative estimate of drug-likeness (QED) is 0.0791. The Morgan fingerprint density at radius 1 is 0.205 bits per heavy atom. The Morgan fingerprint density at radius 3 is 0.753 bits per heavy atom. The van der Waals surface area contributed by atoms with Crippen LogP contribution in [0.2, 0.25) is 0 Å². The summed E-state index contributed by atoms with van der Waals surface area (Å²) in [5.74, 6) is 0. The number of aryl methyl sites for hydroxylation is 2. The van der Waals surface area contributed by atoms with Crippen LogP contribution in [0.15, 0.2) is 273 Å². The van der Waals surface area contributed by atoms with Gasteiger partial charge in [-0.15, -0.1) is 0 Å². The molecule has 0 aliphatic carbocycles. The second-order valence-electron chi connectivity index (χ2n) is 18.2. The van der Waals surface area contributed by atoms with Crippen molar-refractivity contribution in [1.82, 2.24) is 0 Å². The first-order valence-corrected chi connectivity index (χ1v) is 25.2. The molecule has 0 fully saturated rings. The summed E-state index contributed by atoms with van der Waals surface area (Å²) in [6, 6.07) is 95.4. The molecule has 0 aliphatic rings. The molecule has 0 unspecified atom stereocenters. The van der Waals surface area contributed by atoms with Gasteiger partial charge in [0.25, 0.3) is 0 Å². The highest BCUT2D eigenvalue weighted by Gasteiger charge is 2.15. The number of anilines is 6.